The van der Waals surface area contributed by atoms with E-state index in [1.807, 2.05) is 24.3 Å². The lowest BCUT2D eigenvalue weighted by Crippen LogP contribution is -2.33. The third-order valence-corrected chi connectivity index (χ3v) is 8.33. The normalized spacial score (nSPS) is 16.0. The summed E-state index contributed by atoms with van der Waals surface area (Å²) in [5, 5.41) is 4.47. The Kier molecular flexibility index (Phi) is 9.23. The molecule has 1 N–H and O–H groups in total. The van der Waals surface area contributed by atoms with Crippen molar-refractivity contribution in [1.29, 1.82) is 0 Å². The number of aromatic nitrogens is 2. The maximum Gasteiger partial charge on any atom is 0.250 e. The molecule has 0 atom stereocenters. The Labute approximate surface area is 261 Å². The molecule has 0 unspecified atom stereocenters. The van der Waals surface area contributed by atoms with Crippen molar-refractivity contribution in [3.05, 3.63) is 89.5 Å². The number of halogens is 2. The topological polar surface area (TPSA) is 79.8 Å². The van der Waals surface area contributed by atoms with Crippen LogP contribution in [-0.4, -0.2) is 53.6 Å². The van der Waals surface area contributed by atoms with Gasteiger partial charge < -0.3 is 19.7 Å². The highest BCUT2D eigenvalue weighted by Crippen LogP contribution is 2.38. The lowest BCUT2D eigenvalue weighted by atomic mass is 9.99. The van der Waals surface area contributed by atoms with Gasteiger partial charge in [-0.25, -0.2) is 14.4 Å². The van der Waals surface area contributed by atoms with E-state index in [1.165, 1.54) is 31.3 Å². The molecule has 0 radical (unpaired) electrons. The van der Waals surface area contributed by atoms with E-state index < -0.39 is 0 Å². The van der Waals surface area contributed by atoms with E-state index in [0.717, 1.165) is 37.4 Å². The average molecular weight is 616 g/mol. The fraction of sp³-hybridized carbons (Fsp3) is 0.324. The number of hydrogen-bond acceptors (Lipinski definition) is 7. The fourth-order valence-corrected chi connectivity index (χ4v) is 5.75. The minimum absolute atomic E-state index is 0.0755. The molecule has 1 saturated heterocycles. The molecule has 4 aromatic rings. The minimum atomic E-state index is -0.316. The van der Waals surface area contributed by atoms with Gasteiger partial charge in [-0.05, 0) is 80.2 Å². The molecule has 2 aliphatic rings. The van der Waals surface area contributed by atoms with Crippen LogP contribution in [0.15, 0.2) is 73.1 Å². The monoisotopic (exact) mass is 615 g/mol. The van der Waals surface area contributed by atoms with Crippen molar-refractivity contribution in [2.24, 2.45) is 5.92 Å². The van der Waals surface area contributed by atoms with Crippen LogP contribution < -0.4 is 19.7 Å². The summed E-state index contributed by atoms with van der Waals surface area (Å²) in [6, 6.07) is 15.3. The number of nitrogens with zero attached hydrogens (tertiary/aromatic N) is 4. The Morgan fingerprint density at radius 1 is 1.14 bits per heavy atom. The summed E-state index contributed by atoms with van der Waals surface area (Å²) in [6.07, 6.45) is 8.25. The first kappa shape index (κ1) is 29.8. The molecule has 6 rings (SSSR count). The quantitative estimate of drug-likeness (QED) is 0.211. The van der Waals surface area contributed by atoms with Crippen LogP contribution in [0.25, 0.3) is 10.9 Å². The number of piperidine rings is 1. The van der Waals surface area contributed by atoms with Gasteiger partial charge in [0.1, 0.15) is 36.1 Å². The molecule has 1 fully saturated rings. The highest BCUT2D eigenvalue weighted by molar-refractivity contribution is 6.32. The van der Waals surface area contributed by atoms with Crippen molar-refractivity contribution in [1.82, 2.24) is 14.9 Å². The van der Waals surface area contributed by atoms with Crippen molar-refractivity contribution in [2.45, 2.75) is 32.8 Å². The maximum absolute atomic E-state index is 13.5. The number of benzene rings is 3. The smallest absolute Gasteiger partial charge is 0.250 e. The number of amides is 1. The molecule has 1 amide bonds. The summed E-state index contributed by atoms with van der Waals surface area (Å²) in [6.45, 7) is 6.45. The van der Waals surface area contributed by atoms with Crippen molar-refractivity contribution < 1.29 is 18.7 Å². The summed E-state index contributed by atoms with van der Waals surface area (Å²) in [4.78, 5) is 26.5. The minimum Gasteiger partial charge on any atom is -0.491 e. The van der Waals surface area contributed by atoms with Crippen LogP contribution in [0.3, 0.4) is 0 Å². The molecule has 44 heavy (non-hydrogen) atoms. The van der Waals surface area contributed by atoms with E-state index in [9.17, 15) is 9.18 Å². The Bertz CT molecular complexity index is 1670. The molecule has 8 nitrogen and oxygen atoms in total. The number of nitrogens with one attached hydrogen (secondary N) is 1. The van der Waals surface area contributed by atoms with Gasteiger partial charge in [-0.15, -0.1) is 0 Å². The number of fused-ring (bicyclic) bond motifs is 2. The second kappa shape index (κ2) is 13.6. The Balaban J connectivity index is 1.20. The SMILES string of the molecule is CC1CCN(C/C=C/C(=O)N2CCCOc3cc4ncnc(Nc5ccc(OCc6cccc(F)c6)c(Cl)c5)c4cc32)CC1. The van der Waals surface area contributed by atoms with Crippen molar-refractivity contribution in [2.75, 3.05) is 43.0 Å². The molecular formula is C34H35ClFN5O3. The molecule has 2 aliphatic heterocycles. The maximum atomic E-state index is 13.5. The number of anilines is 3. The first-order chi connectivity index (χ1) is 21.4. The number of likely N-dealkylation sites (tertiary alicyclic amines) is 1. The van der Waals surface area contributed by atoms with E-state index in [0.29, 0.717) is 57.9 Å². The predicted molar refractivity (Wildman–Crippen MR) is 171 cm³/mol. The van der Waals surface area contributed by atoms with Gasteiger partial charge in [0.2, 0.25) is 0 Å². The fourth-order valence-electron chi connectivity index (χ4n) is 5.51. The van der Waals surface area contributed by atoms with Crippen LogP contribution in [0, 0.1) is 11.7 Å². The van der Waals surface area contributed by atoms with E-state index in [4.69, 9.17) is 21.1 Å². The summed E-state index contributed by atoms with van der Waals surface area (Å²) in [5.74, 6) is 2.04. The average Bonchev–Trinajstić information content (AvgIpc) is 3.23. The van der Waals surface area contributed by atoms with Gasteiger partial charge >= 0.3 is 0 Å². The molecule has 228 valence electrons. The first-order valence-electron chi connectivity index (χ1n) is 15.0. The van der Waals surface area contributed by atoms with Crippen molar-refractivity contribution >= 4 is 45.6 Å². The highest BCUT2D eigenvalue weighted by Gasteiger charge is 2.23. The van der Waals surface area contributed by atoms with Crippen LogP contribution in [0.1, 0.15) is 31.7 Å². The van der Waals surface area contributed by atoms with Gasteiger partial charge in [0, 0.05) is 36.3 Å². The van der Waals surface area contributed by atoms with Gasteiger partial charge in [-0.2, -0.15) is 0 Å². The van der Waals surface area contributed by atoms with Gasteiger partial charge in [0.05, 0.1) is 22.8 Å². The van der Waals surface area contributed by atoms with Crippen LogP contribution in [0.4, 0.5) is 21.6 Å². The molecule has 0 aliphatic carbocycles. The molecular weight excluding hydrogens is 581 g/mol. The Morgan fingerprint density at radius 2 is 2.00 bits per heavy atom. The summed E-state index contributed by atoms with van der Waals surface area (Å²) >= 11 is 6.53. The Morgan fingerprint density at radius 3 is 2.82 bits per heavy atom. The number of carbonyl (C=O) groups excluding carboxylic acids is 1. The van der Waals surface area contributed by atoms with Gasteiger partial charge in [-0.3, -0.25) is 9.69 Å². The third-order valence-electron chi connectivity index (χ3n) is 8.03. The van der Waals surface area contributed by atoms with Gasteiger partial charge in [0.25, 0.3) is 5.91 Å². The van der Waals surface area contributed by atoms with E-state index >= 15 is 0 Å². The molecule has 1 aromatic heterocycles. The van der Waals surface area contributed by atoms with Crippen molar-refractivity contribution in [3.8, 4) is 11.5 Å². The van der Waals surface area contributed by atoms with Crippen LogP contribution in [0.5, 0.6) is 11.5 Å². The third kappa shape index (κ3) is 7.11. The van der Waals surface area contributed by atoms with Crippen LogP contribution >= 0.6 is 11.6 Å². The summed E-state index contributed by atoms with van der Waals surface area (Å²) < 4.78 is 25.4. The molecule has 0 spiro atoms. The summed E-state index contributed by atoms with van der Waals surface area (Å²) in [5.41, 5.74) is 2.78. The number of carbonyl (C=O) groups is 1. The molecule has 0 saturated carbocycles. The molecule has 3 heterocycles. The van der Waals surface area contributed by atoms with Gasteiger partial charge in [-0.1, -0.05) is 36.7 Å². The van der Waals surface area contributed by atoms with E-state index in [1.54, 1.807) is 35.2 Å². The lowest BCUT2D eigenvalue weighted by Gasteiger charge is -2.29. The molecule has 10 heteroatoms. The Hall–Kier alpha value is -4.21. The van der Waals surface area contributed by atoms with Crippen molar-refractivity contribution in [3.63, 3.8) is 0 Å². The van der Waals surface area contributed by atoms with Gasteiger partial charge in [0.15, 0.2) is 0 Å². The standard InChI is InChI=1S/C34H35ClFN5O3/c1-23-10-14-40(15-11-23)12-3-7-33(42)41-13-4-16-43-32-20-29-27(19-30(32)41)34(38-22-37-29)39-26-8-9-31(28(35)18-26)44-21-24-5-2-6-25(36)17-24/h2-3,5-9,17-20,22-23H,4,10-16,21H2,1H3,(H,37,38,39)/b7-3+. The first-order valence-corrected chi connectivity index (χ1v) is 15.4. The largest absolute Gasteiger partial charge is 0.491 e. The zero-order chi connectivity index (χ0) is 30.5. The van der Waals surface area contributed by atoms with E-state index in [2.05, 4.69) is 27.1 Å². The predicted octanol–water partition coefficient (Wildman–Crippen LogP) is 7.15. The van der Waals surface area contributed by atoms with Crippen LogP contribution in [-0.2, 0) is 11.4 Å². The van der Waals surface area contributed by atoms with Crippen LogP contribution in [0.2, 0.25) is 5.02 Å². The second-order valence-electron chi connectivity index (χ2n) is 11.3. The molecule has 0 bridgehead atoms. The zero-order valence-corrected chi connectivity index (χ0v) is 25.4. The number of ether oxygens (including phenoxy) is 2. The zero-order valence-electron chi connectivity index (χ0n) is 24.6. The summed E-state index contributed by atoms with van der Waals surface area (Å²) in [7, 11) is 0. The number of hydrogen-bond donors (Lipinski definition) is 1. The van der Waals surface area contributed by atoms with E-state index in [-0.39, 0.29) is 18.3 Å². The number of rotatable bonds is 8. The lowest BCUT2D eigenvalue weighted by molar-refractivity contribution is -0.114. The molecule has 3 aromatic carbocycles. The highest BCUT2D eigenvalue weighted by atomic mass is 35.5. The second-order valence-corrected chi connectivity index (χ2v) is 11.7.